The molecule has 0 aliphatic heterocycles. The first-order chi connectivity index (χ1) is 15.4. The van der Waals surface area contributed by atoms with E-state index >= 15 is 0 Å². The van der Waals surface area contributed by atoms with Crippen molar-refractivity contribution in [2.45, 2.75) is 44.7 Å². The van der Waals surface area contributed by atoms with E-state index < -0.39 is 17.7 Å². The zero-order valence-corrected chi connectivity index (χ0v) is 18.1. The Morgan fingerprint density at radius 2 is 1.94 bits per heavy atom. The quantitative estimate of drug-likeness (QED) is 0.213. The fraction of sp³-hybridized carbons (Fsp3) is 0.391. The molecule has 0 bridgehead atoms. The maximum Gasteiger partial charge on any atom is 0.420 e. The van der Waals surface area contributed by atoms with Crippen molar-refractivity contribution in [3.63, 3.8) is 0 Å². The Bertz CT molecular complexity index is 1030. The van der Waals surface area contributed by atoms with Crippen LogP contribution in [0.15, 0.2) is 41.9 Å². The molecule has 170 valence electrons. The maximum absolute atomic E-state index is 13.6. The molecule has 1 aliphatic carbocycles. The Balaban J connectivity index is 1.42. The van der Waals surface area contributed by atoms with Crippen molar-refractivity contribution in [2.75, 3.05) is 11.9 Å². The smallest absolute Gasteiger partial charge is 0.420 e. The van der Waals surface area contributed by atoms with E-state index in [9.17, 15) is 17.6 Å². The predicted molar refractivity (Wildman–Crippen MR) is 117 cm³/mol. The molecule has 1 N–H and O–H groups in total. The number of nitrogens with zero attached hydrogens (tertiary/aromatic N) is 2. The van der Waals surface area contributed by atoms with E-state index in [4.69, 9.17) is 4.74 Å². The zero-order chi connectivity index (χ0) is 22.6. The average molecular weight is 466 g/mol. The van der Waals surface area contributed by atoms with E-state index in [1.807, 2.05) is 0 Å². The highest BCUT2D eigenvalue weighted by Crippen LogP contribution is 2.39. The van der Waals surface area contributed by atoms with Crippen LogP contribution in [0.25, 0.3) is 11.3 Å². The molecule has 32 heavy (non-hydrogen) atoms. The first kappa shape index (κ1) is 22.5. The van der Waals surface area contributed by atoms with Crippen LogP contribution in [0.4, 0.5) is 28.4 Å². The molecule has 0 amide bonds. The second-order valence-electron chi connectivity index (χ2n) is 7.88. The minimum atomic E-state index is -4.54. The molecule has 0 unspecified atom stereocenters. The second kappa shape index (κ2) is 9.85. The van der Waals surface area contributed by atoms with E-state index in [0.717, 1.165) is 18.9 Å². The lowest BCUT2D eigenvalue weighted by Crippen LogP contribution is -2.10. The average Bonchev–Trinajstić information content (AvgIpc) is 3.44. The zero-order valence-electron chi connectivity index (χ0n) is 17.3. The number of hydrogen-bond donors (Lipinski definition) is 1. The van der Waals surface area contributed by atoms with Crippen LogP contribution in [0.2, 0.25) is 0 Å². The van der Waals surface area contributed by atoms with E-state index in [1.54, 1.807) is 17.5 Å². The molecule has 1 fully saturated rings. The van der Waals surface area contributed by atoms with Crippen molar-refractivity contribution < 1.29 is 22.3 Å². The summed E-state index contributed by atoms with van der Waals surface area (Å²) >= 11 is 1.23. The Morgan fingerprint density at radius 1 is 1.12 bits per heavy atom. The third-order valence-electron chi connectivity index (χ3n) is 5.55. The molecule has 2 heterocycles. The number of ether oxygens (including phenoxy) is 1. The first-order valence-corrected chi connectivity index (χ1v) is 11.4. The van der Waals surface area contributed by atoms with E-state index in [2.05, 4.69) is 15.3 Å². The molecule has 0 radical (unpaired) electrons. The van der Waals surface area contributed by atoms with Gasteiger partial charge >= 0.3 is 6.18 Å². The van der Waals surface area contributed by atoms with E-state index in [1.165, 1.54) is 55.3 Å². The molecule has 4 nitrogen and oxygen atoms in total. The third kappa shape index (κ3) is 5.76. The van der Waals surface area contributed by atoms with Gasteiger partial charge in [-0.2, -0.15) is 17.6 Å². The van der Waals surface area contributed by atoms with Crippen molar-refractivity contribution in [1.29, 1.82) is 0 Å². The van der Waals surface area contributed by atoms with Crippen molar-refractivity contribution in [2.24, 2.45) is 5.92 Å². The highest BCUT2D eigenvalue weighted by atomic mass is 32.1. The van der Waals surface area contributed by atoms with Crippen LogP contribution in [0.3, 0.4) is 0 Å². The molecule has 9 heteroatoms. The number of benzene rings is 1. The second-order valence-corrected chi connectivity index (χ2v) is 8.74. The molecule has 0 atom stereocenters. The number of nitrogens with one attached hydrogen (secondary N) is 1. The molecule has 1 saturated carbocycles. The molecule has 0 spiro atoms. The molecule has 1 aliphatic rings. The van der Waals surface area contributed by atoms with Crippen LogP contribution < -0.4 is 10.1 Å². The van der Waals surface area contributed by atoms with Gasteiger partial charge in [0.2, 0.25) is 5.95 Å². The van der Waals surface area contributed by atoms with Gasteiger partial charge in [0.05, 0.1) is 17.9 Å². The summed E-state index contributed by atoms with van der Waals surface area (Å²) in [5.41, 5.74) is 0.618. The van der Waals surface area contributed by atoms with Gasteiger partial charge < -0.3 is 10.1 Å². The Kier molecular flexibility index (Phi) is 6.93. The highest BCUT2D eigenvalue weighted by molar-refractivity contribution is 7.14. The number of halogens is 4. The molecule has 1 aromatic carbocycles. The number of alkyl halides is 3. The largest absolute Gasteiger partial charge is 0.493 e. The minimum Gasteiger partial charge on any atom is -0.493 e. The molecule has 3 aromatic rings. The van der Waals surface area contributed by atoms with Gasteiger partial charge in [-0.05, 0) is 49.1 Å². The Labute approximate surface area is 187 Å². The van der Waals surface area contributed by atoms with Gasteiger partial charge in [-0.3, -0.25) is 0 Å². The third-order valence-corrected chi connectivity index (χ3v) is 6.31. The number of hydrogen-bond acceptors (Lipinski definition) is 5. The van der Waals surface area contributed by atoms with Crippen molar-refractivity contribution in [3.05, 3.63) is 53.4 Å². The van der Waals surface area contributed by atoms with Crippen LogP contribution in [0.5, 0.6) is 5.75 Å². The molecule has 0 saturated heterocycles. The molecule has 4 rings (SSSR count). The number of pyridine rings is 1. The summed E-state index contributed by atoms with van der Waals surface area (Å²) in [5.74, 6) is -0.0734. The van der Waals surface area contributed by atoms with E-state index in [0.29, 0.717) is 22.3 Å². The number of thiazole rings is 1. The van der Waals surface area contributed by atoms with Gasteiger partial charge in [-0.1, -0.05) is 25.7 Å². The Morgan fingerprint density at radius 3 is 2.66 bits per heavy atom. The lowest BCUT2D eigenvalue weighted by Gasteiger charge is -2.16. The van der Waals surface area contributed by atoms with Crippen molar-refractivity contribution >= 4 is 22.2 Å². The molecular weight excluding hydrogens is 442 g/mol. The lowest BCUT2D eigenvalue weighted by atomic mass is 10.0. The van der Waals surface area contributed by atoms with Gasteiger partial charge in [0, 0.05) is 22.8 Å². The summed E-state index contributed by atoms with van der Waals surface area (Å²) < 4.78 is 59.4. The minimum absolute atomic E-state index is 0.160. The summed E-state index contributed by atoms with van der Waals surface area (Å²) in [6.45, 7) is 0.272. The fourth-order valence-corrected chi connectivity index (χ4v) is 4.66. The fourth-order valence-electron chi connectivity index (χ4n) is 3.92. The summed E-state index contributed by atoms with van der Waals surface area (Å²) in [7, 11) is 0. The SMILES string of the molecule is Fc1ccc(-c2csc(Nc3ccc(OCCCC4CCCC4)c(C(F)(F)F)c3)n2)cn1. The lowest BCUT2D eigenvalue weighted by molar-refractivity contribution is -0.138. The van der Waals surface area contributed by atoms with Crippen molar-refractivity contribution in [3.8, 4) is 17.0 Å². The van der Waals surface area contributed by atoms with Crippen LogP contribution in [0, 0.1) is 11.9 Å². The van der Waals surface area contributed by atoms with Crippen LogP contribution in [0.1, 0.15) is 44.1 Å². The number of anilines is 2. The van der Waals surface area contributed by atoms with Crippen LogP contribution >= 0.6 is 11.3 Å². The van der Waals surface area contributed by atoms with Gasteiger partial charge in [0.25, 0.3) is 0 Å². The van der Waals surface area contributed by atoms with Gasteiger partial charge in [0.15, 0.2) is 5.13 Å². The summed E-state index contributed by atoms with van der Waals surface area (Å²) in [5, 5.41) is 5.05. The van der Waals surface area contributed by atoms with Gasteiger partial charge in [-0.25, -0.2) is 9.97 Å². The summed E-state index contributed by atoms with van der Waals surface area (Å²) in [6, 6.07) is 6.69. The number of aromatic nitrogens is 2. The predicted octanol–water partition coefficient (Wildman–Crippen LogP) is 7.46. The van der Waals surface area contributed by atoms with Gasteiger partial charge in [-0.15, -0.1) is 11.3 Å². The van der Waals surface area contributed by atoms with Crippen LogP contribution in [-0.2, 0) is 6.18 Å². The number of rotatable bonds is 8. The summed E-state index contributed by atoms with van der Waals surface area (Å²) in [6.07, 6.45) is 3.49. The first-order valence-electron chi connectivity index (χ1n) is 10.6. The monoisotopic (exact) mass is 465 g/mol. The highest BCUT2D eigenvalue weighted by Gasteiger charge is 2.35. The summed E-state index contributed by atoms with van der Waals surface area (Å²) in [4.78, 5) is 7.94. The standard InChI is InChI=1S/C23H23F4N3OS/c24-21-10-7-16(13-28-21)19-14-32-22(30-19)29-17-8-9-20(18(12-17)23(25,26)27)31-11-3-6-15-4-1-2-5-15/h7-10,12-15H,1-6,11H2,(H,29,30). The molecule has 2 aromatic heterocycles. The topological polar surface area (TPSA) is 47.0 Å². The molecular formula is C23H23F4N3OS. The van der Waals surface area contributed by atoms with Crippen molar-refractivity contribution in [1.82, 2.24) is 9.97 Å². The van der Waals surface area contributed by atoms with Gasteiger partial charge in [0.1, 0.15) is 5.75 Å². The van der Waals surface area contributed by atoms with E-state index in [-0.39, 0.29) is 18.0 Å². The van der Waals surface area contributed by atoms with Crippen LogP contribution in [-0.4, -0.2) is 16.6 Å². The maximum atomic E-state index is 13.6. The Hall–Kier alpha value is -2.68. The normalized spacial score (nSPS) is 14.6.